The van der Waals surface area contributed by atoms with Crippen molar-refractivity contribution in [2.24, 2.45) is 0 Å². The number of benzene rings is 3. The standard InChI is InChI=1S/C28H27FN2O4S/c1-32-23-14-19(12-13-22(23)29)27-30-28(35-31-27)21-15-24(33-2)25(34-17-18-8-4-3-5-9-18)16-26(21)36-20-10-6-7-11-20/h3-5,8-9,12-16,20H,6-7,10-11,17H2,1-2H3. The molecule has 0 aliphatic heterocycles. The van der Waals surface area contributed by atoms with E-state index >= 15 is 0 Å². The lowest BCUT2D eigenvalue weighted by Gasteiger charge is -2.17. The third-order valence-electron chi connectivity index (χ3n) is 6.16. The van der Waals surface area contributed by atoms with Crippen molar-refractivity contribution < 1.29 is 23.1 Å². The Morgan fingerprint density at radius 3 is 2.47 bits per heavy atom. The molecule has 1 aliphatic rings. The molecule has 0 saturated heterocycles. The highest BCUT2D eigenvalue weighted by Gasteiger charge is 2.24. The van der Waals surface area contributed by atoms with Gasteiger partial charge in [-0.15, -0.1) is 11.8 Å². The second-order valence-electron chi connectivity index (χ2n) is 8.57. The normalized spacial score (nSPS) is 13.6. The van der Waals surface area contributed by atoms with E-state index in [1.807, 2.05) is 54.2 Å². The summed E-state index contributed by atoms with van der Waals surface area (Å²) >= 11 is 1.81. The Kier molecular flexibility index (Phi) is 7.41. The molecule has 0 radical (unpaired) electrons. The summed E-state index contributed by atoms with van der Waals surface area (Å²) in [7, 11) is 3.03. The van der Waals surface area contributed by atoms with Crippen LogP contribution in [0.5, 0.6) is 17.2 Å². The van der Waals surface area contributed by atoms with Gasteiger partial charge in [-0.25, -0.2) is 4.39 Å². The highest BCUT2D eigenvalue weighted by atomic mass is 32.2. The minimum Gasteiger partial charge on any atom is -0.494 e. The lowest BCUT2D eigenvalue weighted by molar-refractivity contribution is 0.283. The highest BCUT2D eigenvalue weighted by Crippen LogP contribution is 2.44. The SMILES string of the molecule is COc1cc(-c2noc(-c3cc(OC)c(OCc4ccccc4)cc3SC3CCCC3)n2)ccc1F. The van der Waals surface area contributed by atoms with Crippen LogP contribution in [0.4, 0.5) is 4.39 Å². The van der Waals surface area contributed by atoms with Crippen molar-refractivity contribution in [1.82, 2.24) is 10.1 Å². The first-order valence-electron chi connectivity index (χ1n) is 11.9. The van der Waals surface area contributed by atoms with E-state index in [1.165, 1.54) is 38.9 Å². The molecule has 8 heteroatoms. The quantitative estimate of drug-likeness (QED) is 0.238. The smallest absolute Gasteiger partial charge is 0.259 e. The summed E-state index contributed by atoms with van der Waals surface area (Å²) in [5, 5.41) is 4.67. The minimum absolute atomic E-state index is 0.123. The molecule has 1 heterocycles. The van der Waals surface area contributed by atoms with Crippen LogP contribution in [0.3, 0.4) is 0 Å². The van der Waals surface area contributed by atoms with E-state index in [9.17, 15) is 4.39 Å². The Morgan fingerprint density at radius 1 is 0.944 bits per heavy atom. The van der Waals surface area contributed by atoms with Gasteiger partial charge in [-0.1, -0.05) is 48.3 Å². The number of hydrogen-bond donors (Lipinski definition) is 0. The van der Waals surface area contributed by atoms with Gasteiger partial charge in [0.05, 0.1) is 19.8 Å². The molecule has 0 spiro atoms. The average molecular weight is 507 g/mol. The molecule has 0 atom stereocenters. The number of rotatable bonds is 9. The molecule has 6 nitrogen and oxygen atoms in total. The minimum atomic E-state index is -0.448. The summed E-state index contributed by atoms with van der Waals surface area (Å²) in [4.78, 5) is 5.62. The average Bonchev–Trinajstić information content (AvgIpc) is 3.61. The molecule has 1 aromatic heterocycles. The van der Waals surface area contributed by atoms with Crippen LogP contribution in [0.25, 0.3) is 22.8 Å². The summed E-state index contributed by atoms with van der Waals surface area (Å²) in [5.74, 6) is 1.63. The fraction of sp³-hybridized carbons (Fsp3) is 0.286. The van der Waals surface area contributed by atoms with Gasteiger partial charge >= 0.3 is 0 Å². The van der Waals surface area contributed by atoms with Crippen molar-refractivity contribution in [1.29, 1.82) is 0 Å². The largest absolute Gasteiger partial charge is 0.494 e. The van der Waals surface area contributed by atoms with Gasteiger partial charge in [0, 0.05) is 15.7 Å². The first-order chi connectivity index (χ1) is 17.6. The van der Waals surface area contributed by atoms with Gasteiger partial charge in [-0.05, 0) is 48.7 Å². The van der Waals surface area contributed by atoms with Crippen molar-refractivity contribution >= 4 is 11.8 Å². The fourth-order valence-corrected chi connectivity index (χ4v) is 5.62. The number of hydrogen-bond acceptors (Lipinski definition) is 7. The third-order valence-corrected chi connectivity index (χ3v) is 7.56. The fourth-order valence-electron chi connectivity index (χ4n) is 4.25. The van der Waals surface area contributed by atoms with E-state index in [4.69, 9.17) is 18.7 Å². The Balaban J connectivity index is 1.50. The molecule has 1 saturated carbocycles. The lowest BCUT2D eigenvalue weighted by atomic mass is 10.1. The van der Waals surface area contributed by atoms with E-state index in [0.717, 1.165) is 16.0 Å². The second-order valence-corrected chi connectivity index (χ2v) is 9.91. The molecule has 0 bridgehead atoms. The van der Waals surface area contributed by atoms with Gasteiger partial charge in [-0.2, -0.15) is 4.98 Å². The molecule has 1 fully saturated rings. The number of ether oxygens (including phenoxy) is 3. The maximum atomic E-state index is 13.9. The van der Waals surface area contributed by atoms with Gasteiger partial charge in [0.1, 0.15) is 6.61 Å². The predicted octanol–water partition coefficient (Wildman–Crippen LogP) is 7.17. The van der Waals surface area contributed by atoms with Crippen molar-refractivity contribution in [3.8, 4) is 40.1 Å². The van der Waals surface area contributed by atoms with Gasteiger partial charge in [0.25, 0.3) is 5.89 Å². The number of aromatic nitrogens is 2. The van der Waals surface area contributed by atoms with Crippen molar-refractivity contribution in [3.05, 3.63) is 72.0 Å². The van der Waals surface area contributed by atoms with Crippen LogP contribution < -0.4 is 14.2 Å². The van der Waals surface area contributed by atoms with Crippen LogP contribution in [0.15, 0.2) is 70.1 Å². The van der Waals surface area contributed by atoms with Crippen LogP contribution in [0.1, 0.15) is 31.2 Å². The van der Waals surface area contributed by atoms with Crippen LogP contribution in [0, 0.1) is 5.82 Å². The topological polar surface area (TPSA) is 66.6 Å². The van der Waals surface area contributed by atoms with Crippen LogP contribution in [-0.2, 0) is 6.61 Å². The van der Waals surface area contributed by atoms with E-state index < -0.39 is 5.82 Å². The number of methoxy groups -OCH3 is 2. The van der Waals surface area contributed by atoms with E-state index in [1.54, 1.807) is 19.2 Å². The summed E-state index contributed by atoms with van der Waals surface area (Å²) in [6, 6.07) is 18.4. The second kappa shape index (κ2) is 11.0. The summed E-state index contributed by atoms with van der Waals surface area (Å²) in [5.41, 5.74) is 2.46. The van der Waals surface area contributed by atoms with Crippen LogP contribution >= 0.6 is 11.8 Å². The zero-order chi connectivity index (χ0) is 24.9. The summed E-state index contributed by atoms with van der Waals surface area (Å²) < 4.78 is 36.5. The Labute approximate surface area is 213 Å². The Morgan fingerprint density at radius 2 is 1.72 bits per heavy atom. The number of nitrogens with zero attached hydrogens (tertiary/aromatic N) is 2. The van der Waals surface area contributed by atoms with E-state index in [2.05, 4.69) is 10.1 Å². The van der Waals surface area contributed by atoms with Gasteiger partial charge < -0.3 is 18.7 Å². The van der Waals surface area contributed by atoms with Crippen LogP contribution in [0.2, 0.25) is 0 Å². The molecule has 0 amide bonds. The molecule has 0 N–H and O–H groups in total. The van der Waals surface area contributed by atoms with Crippen molar-refractivity contribution in [2.45, 2.75) is 42.4 Å². The number of thioether (sulfide) groups is 1. The maximum absolute atomic E-state index is 13.9. The molecular weight excluding hydrogens is 479 g/mol. The maximum Gasteiger partial charge on any atom is 0.259 e. The Bertz CT molecular complexity index is 1320. The van der Waals surface area contributed by atoms with E-state index in [0.29, 0.717) is 40.6 Å². The third kappa shape index (κ3) is 5.33. The first kappa shape index (κ1) is 24.2. The molecule has 1 aliphatic carbocycles. The molecule has 0 unspecified atom stereocenters. The van der Waals surface area contributed by atoms with Gasteiger partial charge in [-0.3, -0.25) is 0 Å². The predicted molar refractivity (Wildman–Crippen MR) is 137 cm³/mol. The molecule has 186 valence electrons. The summed E-state index contributed by atoms with van der Waals surface area (Å²) in [6.45, 7) is 0.432. The molecule has 3 aromatic carbocycles. The Hall–Kier alpha value is -3.52. The zero-order valence-corrected chi connectivity index (χ0v) is 21.0. The van der Waals surface area contributed by atoms with E-state index in [-0.39, 0.29) is 5.75 Å². The highest BCUT2D eigenvalue weighted by molar-refractivity contribution is 8.00. The van der Waals surface area contributed by atoms with Gasteiger partial charge in [0.2, 0.25) is 5.82 Å². The molecule has 36 heavy (non-hydrogen) atoms. The zero-order valence-electron chi connectivity index (χ0n) is 20.2. The molecular formula is C28H27FN2O4S. The lowest BCUT2D eigenvalue weighted by Crippen LogP contribution is -2.00. The van der Waals surface area contributed by atoms with Crippen LogP contribution in [-0.4, -0.2) is 29.6 Å². The van der Waals surface area contributed by atoms with Crippen molar-refractivity contribution in [3.63, 3.8) is 0 Å². The monoisotopic (exact) mass is 506 g/mol. The molecule has 5 rings (SSSR count). The first-order valence-corrected chi connectivity index (χ1v) is 12.8. The van der Waals surface area contributed by atoms with Gasteiger partial charge in [0.15, 0.2) is 23.1 Å². The van der Waals surface area contributed by atoms with Crippen molar-refractivity contribution in [2.75, 3.05) is 14.2 Å². The molecule has 4 aromatic rings. The number of halogens is 1. The summed E-state index contributed by atoms with van der Waals surface area (Å²) in [6.07, 6.45) is 4.80.